The lowest BCUT2D eigenvalue weighted by Gasteiger charge is -2.17. The topological polar surface area (TPSA) is 44.4 Å². The third-order valence-electron chi connectivity index (χ3n) is 3.18. The summed E-state index contributed by atoms with van der Waals surface area (Å²) in [6.45, 7) is 2.50. The molecule has 0 radical (unpaired) electrons. The molecule has 1 saturated heterocycles. The van der Waals surface area contributed by atoms with E-state index in [1.807, 2.05) is 11.9 Å². The Morgan fingerprint density at radius 3 is 2.68 bits per heavy atom. The maximum absolute atomic E-state index is 12.1. The van der Waals surface area contributed by atoms with E-state index in [9.17, 15) is 4.79 Å². The van der Waals surface area contributed by atoms with Gasteiger partial charge in [-0.15, -0.1) is 0 Å². The van der Waals surface area contributed by atoms with Crippen LogP contribution in [0.1, 0.15) is 6.42 Å². The van der Waals surface area contributed by atoms with Crippen molar-refractivity contribution < 1.29 is 4.79 Å². The summed E-state index contributed by atoms with van der Waals surface area (Å²) in [5, 5.41) is 6.99. The Balaban J connectivity index is 1.94. The highest BCUT2D eigenvalue weighted by Crippen LogP contribution is 2.23. The predicted molar refractivity (Wildman–Crippen MR) is 79.1 cm³/mol. The van der Waals surface area contributed by atoms with Crippen molar-refractivity contribution in [2.75, 3.05) is 32.0 Å². The number of benzene rings is 1. The largest absolute Gasteiger partial charge is 0.324 e. The normalized spacial score (nSPS) is 18.7. The Hall–Kier alpha value is -0.970. The molecule has 6 heteroatoms. The monoisotopic (exact) mass is 301 g/mol. The van der Waals surface area contributed by atoms with Gasteiger partial charge in [-0.1, -0.05) is 23.2 Å². The minimum absolute atomic E-state index is 0.100. The molecule has 1 aromatic rings. The van der Waals surface area contributed by atoms with E-state index in [1.54, 1.807) is 18.2 Å². The number of halogens is 2. The molecule has 4 nitrogen and oxygen atoms in total. The molecule has 0 bridgehead atoms. The number of urea groups is 1. The Labute approximate surface area is 123 Å². The zero-order valence-corrected chi connectivity index (χ0v) is 12.3. The molecule has 104 valence electrons. The first kappa shape index (κ1) is 14.4. The van der Waals surface area contributed by atoms with Gasteiger partial charge in [0, 0.05) is 28.8 Å². The fraction of sp³-hybridized carbons (Fsp3) is 0.462. The fourth-order valence-corrected chi connectivity index (χ4v) is 2.83. The number of amides is 2. The molecule has 0 saturated carbocycles. The van der Waals surface area contributed by atoms with Gasteiger partial charge in [-0.05, 0) is 44.1 Å². The first-order valence-electron chi connectivity index (χ1n) is 6.25. The van der Waals surface area contributed by atoms with Gasteiger partial charge < -0.3 is 15.5 Å². The molecule has 1 aliphatic heterocycles. The minimum atomic E-state index is -0.100. The number of carbonyl (C=O) groups is 1. The lowest BCUT2D eigenvalue weighted by molar-refractivity contribution is 0.221. The van der Waals surface area contributed by atoms with Crippen molar-refractivity contribution in [3.05, 3.63) is 28.2 Å². The van der Waals surface area contributed by atoms with Crippen molar-refractivity contribution in [1.29, 1.82) is 0 Å². The van der Waals surface area contributed by atoms with Crippen LogP contribution in [0.3, 0.4) is 0 Å². The quantitative estimate of drug-likeness (QED) is 0.901. The van der Waals surface area contributed by atoms with E-state index < -0.39 is 0 Å². The molecule has 2 rings (SSSR count). The van der Waals surface area contributed by atoms with Crippen LogP contribution in [0, 0.1) is 5.92 Å². The number of hydrogen-bond donors (Lipinski definition) is 2. The van der Waals surface area contributed by atoms with Crippen LogP contribution in [0.5, 0.6) is 0 Å². The summed E-state index contributed by atoms with van der Waals surface area (Å²) in [5.41, 5.74) is 0.625. The van der Waals surface area contributed by atoms with Crippen LogP contribution in [-0.2, 0) is 0 Å². The van der Waals surface area contributed by atoms with Crippen molar-refractivity contribution >= 4 is 34.9 Å². The van der Waals surface area contributed by atoms with Gasteiger partial charge in [-0.25, -0.2) is 4.79 Å². The molecule has 1 aromatic carbocycles. The van der Waals surface area contributed by atoms with E-state index in [2.05, 4.69) is 10.6 Å². The van der Waals surface area contributed by atoms with Crippen LogP contribution in [0.25, 0.3) is 0 Å². The van der Waals surface area contributed by atoms with E-state index in [-0.39, 0.29) is 6.03 Å². The molecule has 1 atom stereocenters. The fourth-order valence-electron chi connectivity index (χ4n) is 2.30. The molecule has 2 amide bonds. The molecular formula is C13H17Cl2N3O. The van der Waals surface area contributed by atoms with Crippen molar-refractivity contribution in [1.82, 2.24) is 10.2 Å². The molecule has 0 aromatic heterocycles. The molecule has 1 heterocycles. The SMILES string of the molecule is CNCC1CCN(C(=O)Nc2cc(Cl)cc(Cl)c2)C1. The molecule has 0 aliphatic carbocycles. The van der Waals surface area contributed by atoms with E-state index >= 15 is 0 Å². The molecular weight excluding hydrogens is 285 g/mol. The van der Waals surface area contributed by atoms with E-state index in [0.717, 1.165) is 26.1 Å². The van der Waals surface area contributed by atoms with Crippen molar-refractivity contribution in [2.24, 2.45) is 5.92 Å². The van der Waals surface area contributed by atoms with Crippen LogP contribution in [0.15, 0.2) is 18.2 Å². The summed E-state index contributed by atoms with van der Waals surface area (Å²) in [4.78, 5) is 13.9. The third-order valence-corrected chi connectivity index (χ3v) is 3.62. The molecule has 1 fully saturated rings. The zero-order chi connectivity index (χ0) is 13.8. The van der Waals surface area contributed by atoms with Gasteiger partial charge in [0.25, 0.3) is 0 Å². The van der Waals surface area contributed by atoms with Gasteiger partial charge in [0.1, 0.15) is 0 Å². The second kappa shape index (κ2) is 6.46. The lowest BCUT2D eigenvalue weighted by atomic mass is 10.1. The van der Waals surface area contributed by atoms with Crippen molar-refractivity contribution in [3.63, 3.8) is 0 Å². The zero-order valence-electron chi connectivity index (χ0n) is 10.7. The molecule has 19 heavy (non-hydrogen) atoms. The second-order valence-corrected chi connectivity index (χ2v) is 5.62. The van der Waals surface area contributed by atoms with Crippen LogP contribution in [0.4, 0.5) is 10.5 Å². The molecule has 0 spiro atoms. The van der Waals surface area contributed by atoms with E-state index in [0.29, 0.717) is 21.7 Å². The smallest absolute Gasteiger partial charge is 0.321 e. The van der Waals surface area contributed by atoms with Crippen LogP contribution in [0.2, 0.25) is 10.0 Å². The Bertz CT molecular complexity index is 447. The van der Waals surface area contributed by atoms with Crippen LogP contribution >= 0.6 is 23.2 Å². The minimum Gasteiger partial charge on any atom is -0.324 e. The van der Waals surface area contributed by atoms with Gasteiger partial charge in [-0.2, -0.15) is 0 Å². The predicted octanol–water partition coefficient (Wildman–Crippen LogP) is 3.07. The van der Waals surface area contributed by atoms with Gasteiger partial charge in [0.05, 0.1) is 0 Å². The average Bonchev–Trinajstić information content (AvgIpc) is 2.76. The summed E-state index contributed by atoms with van der Waals surface area (Å²) < 4.78 is 0. The van der Waals surface area contributed by atoms with Gasteiger partial charge in [-0.3, -0.25) is 0 Å². The highest BCUT2D eigenvalue weighted by molar-refractivity contribution is 6.35. The van der Waals surface area contributed by atoms with Crippen molar-refractivity contribution in [3.8, 4) is 0 Å². The first-order valence-corrected chi connectivity index (χ1v) is 7.00. The van der Waals surface area contributed by atoms with Crippen LogP contribution in [-0.4, -0.2) is 37.6 Å². The van der Waals surface area contributed by atoms with E-state index in [1.165, 1.54) is 0 Å². The number of rotatable bonds is 3. The number of likely N-dealkylation sites (tertiary alicyclic amines) is 1. The Morgan fingerprint density at radius 1 is 1.37 bits per heavy atom. The standard InChI is InChI=1S/C13H17Cl2N3O/c1-16-7-9-2-3-18(8-9)13(19)17-12-5-10(14)4-11(15)6-12/h4-6,9,16H,2-3,7-8H2,1H3,(H,17,19). The number of anilines is 1. The maximum atomic E-state index is 12.1. The van der Waals surface area contributed by atoms with Gasteiger partial charge in [0.2, 0.25) is 0 Å². The number of nitrogens with zero attached hydrogens (tertiary/aromatic N) is 1. The molecule has 1 unspecified atom stereocenters. The molecule has 2 N–H and O–H groups in total. The summed E-state index contributed by atoms with van der Waals surface area (Å²) in [5.74, 6) is 0.527. The summed E-state index contributed by atoms with van der Waals surface area (Å²) >= 11 is 11.8. The van der Waals surface area contributed by atoms with E-state index in [4.69, 9.17) is 23.2 Å². The highest BCUT2D eigenvalue weighted by Gasteiger charge is 2.25. The lowest BCUT2D eigenvalue weighted by Crippen LogP contribution is -2.34. The Kier molecular flexibility index (Phi) is 4.91. The maximum Gasteiger partial charge on any atom is 0.321 e. The summed E-state index contributed by atoms with van der Waals surface area (Å²) in [6, 6.07) is 4.91. The first-order chi connectivity index (χ1) is 9.08. The van der Waals surface area contributed by atoms with Gasteiger partial charge in [0.15, 0.2) is 0 Å². The van der Waals surface area contributed by atoms with Crippen LogP contribution < -0.4 is 10.6 Å². The molecule has 1 aliphatic rings. The Morgan fingerprint density at radius 2 is 2.05 bits per heavy atom. The van der Waals surface area contributed by atoms with Gasteiger partial charge >= 0.3 is 6.03 Å². The number of hydrogen-bond acceptors (Lipinski definition) is 2. The second-order valence-electron chi connectivity index (χ2n) is 4.75. The van der Waals surface area contributed by atoms with Crippen molar-refractivity contribution in [2.45, 2.75) is 6.42 Å². The third kappa shape index (κ3) is 4.00. The number of nitrogens with one attached hydrogen (secondary N) is 2. The average molecular weight is 302 g/mol. The number of carbonyl (C=O) groups excluding carboxylic acids is 1. The summed E-state index contributed by atoms with van der Waals surface area (Å²) in [7, 11) is 1.93. The summed E-state index contributed by atoms with van der Waals surface area (Å²) in [6.07, 6.45) is 1.03. The highest BCUT2D eigenvalue weighted by atomic mass is 35.5.